The molecule has 1 heterocycles. The molecule has 0 amide bonds. The Balaban J connectivity index is 0.000000461. The van der Waals surface area contributed by atoms with Gasteiger partial charge in [0, 0.05) is 6.07 Å². The monoisotopic (exact) mass is 154 g/mol. The van der Waals surface area contributed by atoms with Gasteiger partial charge in [0.25, 0.3) is 0 Å². The van der Waals surface area contributed by atoms with Gasteiger partial charge in [-0.15, -0.1) is 0 Å². The largest absolute Gasteiger partial charge is 0.481 e. The summed E-state index contributed by atoms with van der Waals surface area (Å²) < 4.78 is 4.80. The number of hydrogen-bond donors (Lipinski definition) is 1. The number of ether oxygens (including phenoxy) is 1. The maximum absolute atomic E-state index is 8.00. The number of nitrogens with two attached hydrogens (primary N) is 1. The molecule has 0 spiro atoms. The topological polar surface area (TPSA) is 65.2 Å². The van der Waals surface area contributed by atoms with Gasteiger partial charge in [0.2, 0.25) is 5.88 Å². The molecule has 60 valence electrons. The van der Waals surface area contributed by atoms with Crippen LogP contribution in [0.5, 0.6) is 5.88 Å². The third kappa shape index (κ3) is 3.20. The number of methoxy groups -OCH3 is 1. The van der Waals surface area contributed by atoms with Crippen molar-refractivity contribution in [1.82, 2.24) is 4.98 Å². The molecule has 2 N–H and O–H groups in total. The summed E-state index contributed by atoms with van der Waals surface area (Å²) in [6.07, 6.45) is 1.55. The number of anilines is 1. The van der Waals surface area contributed by atoms with Gasteiger partial charge in [-0.2, -0.15) is 0 Å². The molecule has 0 aliphatic heterocycles. The predicted octanol–water partition coefficient (Wildman–Crippen LogP) is 0.487. The van der Waals surface area contributed by atoms with Crippen LogP contribution in [0.4, 0.5) is 5.69 Å². The van der Waals surface area contributed by atoms with Crippen molar-refractivity contribution in [3.05, 3.63) is 18.3 Å². The second-order valence-corrected chi connectivity index (χ2v) is 1.63. The fraction of sp³-hybridized carbons (Fsp3) is 0.143. The van der Waals surface area contributed by atoms with Crippen LogP contribution in [-0.2, 0) is 4.79 Å². The molecule has 4 nitrogen and oxygen atoms in total. The second-order valence-electron chi connectivity index (χ2n) is 1.63. The third-order valence-electron chi connectivity index (χ3n) is 0.968. The van der Waals surface area contributed by atoms with Gasteiger partial charge < -0.3 is 15.3 Å². The highest BCUT2D eigenvalue weighted by Gasteiger charge is 1.87. The van der Waals surface area contributed by atoms with E-state index in [-0.39, 0.29) is 0 Å². The van der Waals surface area contributed by atoms with E-state index in [0.29, 0.717) is 11.6 Å². The van der Waals surface area contributed by atoms with E-state index in [2.05, 4.69) is 4.98 Å². The van der Waals surface area contributed by atoms with Crippen LogP contribution in [0.1, 0.15) is 0 Å². The Labute approximate surface area is 65.0 Å². The molecule has 0 atom stereocenters. The van der Waals surface area contributed by atoms with Gasteiger partial charge in [-0.05, 0) is 6.07 Å². The Bertz CT molecular complexity index is 198. The van der Waals surface area contributed by atoms with E-state index in [1.807, 2.05) is 6.79 Å². The van der Waals surface area contributed by atoms with Crippen molar-refractivity contribution < 1.29 is 9.53 Å². The van der Waals surface area contributed by atoms with Gasteiger partial charge in [-0.3, -0.25) is 0 Å². The number of nitrogen functional groups attached to an aromatic ring is 1. The lowest BCUT2D eigenvalue weighted by Gasteiger charge is -1.95. The fourth-order valence-corrected chi connectivity index (χ4v) is 0.512. The molecule has 1 aromatic rings. The number of nitrogens with zero attached hydrogens (tertiary/aromatic N) is 1. The molecule has 0 unspecified atom stereocenters. The van der Waals surface area contributed by atoms with Gasteiger partial charge in [0.15, 0.2) is 0 Å². The lowest BCUT2D eigenvalue weighted by molar-refractivity contribution is -0.0979. The number of rotatable bonds is 1. The highest BCUT2D eigenvalue weighted by atomic mass is 16.5. The Kier molecular flexibility index (Phi) is 4.47. The third-order valence-corrected chi connectivity index (χ3v) is 0.968. The van der Waals surface area contributed by atoms with Crippen molar-refractivity contribution in [2.24, 2.45) is 0 Å². The first kappa shape index (κ1) is 9.42. The SMILES string of the molecule is C=O.COc1ccc(N)cn1. The van der Waals surface area contributed by atoms with E-state index in [1.54, 1.807) is 25.4 Å². The molecular formula is C7H10N2O2. The smallest absolute Gasteiger partial charge is 0.213 e. The summed E-state index contributed by atoms with van der Waals surface area (Å²) in [5.41, 5.74) is 6.01. The van der Waals surface area contributed by atoms with Crippen LogP contribution in [0.15, 0.2) is 18.3 Å². The molecule has 0 aliphatic rings. The van der Waals surface area contributed by atoms with Crippen LogP contribution in [0, 0.1) is 0 Å². The molecule has 0 fully saturated rings. The van der Waals surface area contributed by atoms with Crippen LogP contribution in [0.3, 0.4) is 0 Å². The van der Waals surface area contributed by atoms with Gasteiger partial charge in [-0.25, -0.2) is 4.98 Å². The number of hydrogen-bond acceptors (Lipinski definition) is 4. The van der Waals surface area contributed by atoms with Crippen molar-refractivity contribution in [2.45, 2.75) is 0 Å². The summed E-state index contributed by atoms with van der Waals surface area (Å²) in [5.74, 6) is 0.587. The normalized spacial score (nSPS) is 7.73. The van der Waals surface area contributed by atoms with E-state index in [1.165, 1.54) is 0 Å². The van der Waals surface area contributed by atoms with Crippen molar-refractivity contribution in [3.8, 4) is 5.88 Å². The average molecular weight is 154 g/mol. The van der Waals surface area contributed by atoms with Crippen molar-refractivity contribution >= 4 is 12.5 Å². The minimum atomic E-state index is 0.587. The molecule has 0 aliphatic carbocycles. The van der Waals surface area contributed by atoms with Crippen LogP contribution in [0.25, 0.3) is 0 Å². The zero-order valence-corrected chi connectivity index (χ0v) is 6.28. The quantitative estimate of drug-likeness (QED) is 0.639. The maximum Gasteiger partial charge on any atom is 0.213 e. The molecule has 1 rings (SSSR count). The van der Waals surface area contributed by atoms with Gasteiger partial charge in [-0.1, -0.05) is 0 Å². The molecule has 4 heteroatoms. The lowest BCUT2D eigenvalue weighted by atomic mass is 10.4. The highest BCUT2D eigenvalue weighted by molar-refractivity contribution is 5.35. The van der Waals surface area contributed by atoms with Crippen molar-refractivity contribution in [1.29, 1.82) is 0 Å². The Hall–Kier alpha value is -1.58. The van der Waals surface area contributed by atoms with Crippen molar-refractivity contribution in [3.63, 3.8) is 0 Å². The number of carbonyl (C=O) groups is 1. The highest BCUT2D eigenvalue weighted by Crippen LogP contribution is 2.06. The summed E-state index contributed by atoms with van der Waals surface area (Å²) in [5, 5.41) is 0. The predicted molar refractivity (Wildman–Crippen MR) is 42.3 cm³/mol. The fourth-order valence-electron chi connectivity index (χ4n) is 0.512. The summed E-state index contributed by atoms with van der Waals surface area (Å²) in [6.45, 7) is 2.00. The standard InChI is InChI=1S/C6H8N2O.CH2O/c1-9-6-3-2-5(7)4-8-6;1-2/h2-4H,7H2,1H3;1H2. The van der Waals surface area contributed by atoms with Crippen LogP contribution >= 0.6 is 0 Å². The van der Waals surface area contributed by atoms with Crippen molar-refractivity contribution in [2.75, 3.05) is 12.8 Å². The summed E-state index contributed by atoms with van der Waals surface area (Å²) in [6, 6.07) is 3.46. The molecule has 0 aromatic carbocycles. The van der Waals surface area contributed by atoms with E-state index < -0.39 is 0 Å². The van der Waals surface area contributed by atoms with E-state index in [9.17, 15) is 0 Å². The molecule has 11 heavy (non-hydrogen) atoms. The first-order chi connectivity index (χ1) is 5.33. The maximum atomic E-state index is 8.00. The van der Waals surface area contributed by atoms with Gasteiger partial charge in [0.1, 0.15) is 6.79 Å². The summed E-state index contributed by atoms with van der Waals surface area (Å²) in [7, 11) is 1.57. The first-order valence-corrected chi connectivity index (χ1v) is 2.87. The number of pyridine rings is 1. The number of aromatic nitrogens is 1. The average Bonchev–Trinajstić information content (AvgIpc) is 2.10. The molecule has 1 aromatic heterocycles. The first-order valence-electron chi connectivity index (χ1n) is 2.87. The van der Waals surface area contributed by atoms with E-state index in [0.717, 1.165) is 0 Å². The minimum Gasteiger partial charge on any atom is -0.481 e. The Morgan fingerprint density at radius 2 is 2.18 bits per heavy atom. The molecule has 0 saturated heterocycles. The van der Waals surface area contributed by atoms with Crippen LogP contribution < -0.4 is 10.5 Å². The minimum absolute atomic E-state index is 0.587. The molecule has 0 bridgehead atoms. The van der Waals surface area contributed by atoms with Gasteiger partial charge >= 0.3 is 0 Å². The zero-order chi connectivity index (χ0) is 8.69. The van der Waals surface area contributed by atoms with E-state index in [4.69, 9.17) is 15.3 Å². The van der Waals surface area contributed by atoms with E-state index >= 15 is 0 Å². The molecule has 0 radical (unpaired) electrons. The summed E-state index contributed by atoms with van der Waals surface area (Å²) >= 11 is 0. The molecule has 0 saturated carbocycles. The Morgan fingerprint density at radius 3 is 2.55 bits per heavy atom. The van der Waals surface area contributed by atoms with Crippen LogP contribution in [0.2, 0.25) is 0 Å². The number of carbonyl (C=O) groups excluding carboxylic acids is 1. The van der Waals surface area contributed by atoms with Gasteiger partial charge in [0.05, 0.1) is 19.0 Å². The van der Waals surface area contributed by atoms with Crippen LogP contribution in [-0.4, -0.2) is 18.9 Å². The zero-order valence-electron chi connectivity index (χ0n) is 6.28. The molecular weight excluding hydrogens is 144 g/mol. The lowest BCUT2D eigenvalue weighted by Crippen LogP contribution is -1.89. The Morgan fingerprint density at radius 1 is 1.55 bits per heavy atom. The summed E-state index contributed by atoms with van der Waals surface area (Å²) in [4.78, 5) is 11.8. The second kappa shape index (κ2) is 5.22.